The van der Waals surface area contributed by atoms with Crippen molar-refractivity contribution in [1.29, 1.82) is 0 Å². The Hall–Kier alpha value is -4.26. The molecule has 0 atom stereocenters. The van der Waals surface area contributed by atoms with E-state index in [1.807, 2.05) is 30.3 Å². The second-order valence-corrected chi connectivity index (χ2v) is 6.21. The Labute approximate surface area is 165 Å². The topological polar surface area (TPSA) is 95.7 Å². The van der Waals surface area contributed by atoms with E-state index in [1.165, 1.54) is 36.4 Å². The maximum atomic E-state index is 12.5. The molecule has 1 aliphatic rings. The molecule has 0 N–H and O–H groups in total. The zero-order valence-corrected chi connectivity index (χ0v) is 14.9. The van der Waals surface area contributed by atoms with Crippen molar-refractivity contribution in [2.75, 3.05) is 0 Å². The zero-order chi connectivity index (χ0) is 20.4. The molecule has 0 amide bonds. The first-order valence-corrected chi connectivity index (χ1v) is 8.61. The first-order valence-electron chi connectivity index (χ1n) is 8.61. The fraction of sp³-hybridized carbons (Fsp3) is 0. The Morgan fingerprint density at radius 1 is 1.00 bits per heavy atom. The van der Waals surface area contributed by atoms with Crippen LogP contribution in [-0.4, -0.2) is 16.7 Å². The molecule has 7 heteroatoms. The number of nitrogens with zero attached hydrogens (tertiary/aromatic N) is 1. The monoisotopic (exact) mass is 387 g/mol. The van der Waals surface area contributed by atoms with Gasteiger partial charge in [-0.25, -0.2) is 4.79 Å². The number of carbonyl (C=O) groups excluding carboxylic acids is 2. The van der Waals surface area contributed by atoms with E-state index in [9.17, 15) is 19.7 Å². The zero-order valence-electron chi connectivity index (χ0n) is 14.9. The highest BCUT2D eigenvalue weighted by atomic mass is 16.6. The first-order chi connectivity index (χ1) is 14.0. The summed E-state index contributed by atoms with van der Waals surface area (Å²) in [7, 11) is 0. The number of fused-ring (bicyclic) bond motifs is 1. The van der Waals surface area contributed by atoms with Crippen LogP contribution in [0.2, 0.25) is 0 Å². The van der Waals surface area contributed by atoms with Gasteiger partial charge < -0.3 is 9.47 Å². The van der Waals surface area contributed by atoms with Crippen molar-refractivity contribution < 1.29 is 24.0 Å². The van der Waals surface area contributed by atoms with Crippen molar-refractivity contribution in [2.45, 2.75) is 0 Å². The molecule has 29 heavy (non-hydrogen) atoms. The molecule has 0 aromatic heterocycles. The summed E-state index contributed by atoms with van der Waals surface area (Å²) in [6.45, 7) is 0. The molecule has 142 valence electrons. The lowest BCUT2D eigenvalue weighted by Crippen LogP contribution is -2.08. The van der Waals surface area contributed by atoms with Crippen LogP contribution in [0.4, 0.5) is 5.69 Å². The summed E-state index contributed by atoms with van der Waals surface area (Å²) in [5.41, 5.74) is 1.02. The standard InChI is InChI=1S/C22H13NO6/c24-21-18-10-9-17(28-22(25)15-7-4-8-16(12-15)23(26)27)13-19(18)29-20(21)11-14-5-2-1-3-6-14/h1-13H/b20-11-. The number of carbonyl (C=O) groups is 2. The second-order valence-electron chi connectivity index (χ2n) is 6.21. The van der Waals surface area contributed by atoms with Crippen LogP contribution in [0, 0.1) is 10.1 Å². The van der Waals surface area contributed by atoms with Gasteiger partial charge in [-0.05, 0) is 29.8 Å². The van der Waals surface area contributed by atoms with E-state index in [0.29, 0.717) is 5.56 Å². The number of nitro benzene ring substituents is 1. The van der Waals surface area contributed by atoms with E-state index >= 15 is 0 Å². The average Bonchev–Trinajstić information content (AvgIpc) is 3.03. The van der Waals surface area contributed by atoms with Crippen molar-refractivity contribution in [1.82, 2.24) is 0 Å². The number of allylic oxidation sites excluding steroid dienone is 1. The van der Waals surface area contributed by atoms with Gasteiger partial charge in [-0.15, -0.1) is 0 Å². The Bertz CT molecular complexity index is 1170. The number of hydrogen-bond donors (Lipinski definition) is 0. The van der Waals surface area contributed by atoms with Crippen LogP contribution in [0.5, 0.6) is 11.5 Å². The van der Waals surface area contributed by atoms with E-state index < -0.39 is 10.9 Å². The summed E-state index contributed by atoms with van der Waals surface area (Å²) < 4.78 is 10.9. The molecule has 0 aliphatic carbocycles. The van der Waals surface area contributed by atoms with E-state index in [4.69, 9.17) is 9.47 Å². The van der Waals surface area contributed by atoms with Gasteiger partial charge in [0.2, 0.25) is 5.78 Å². The minimum absolute atomic E-state index is 0.0429. The quantitative estimate of drug-likeness (QED) is 0.216. The summed E-state index contributed by atoms with van der Waals surface area (Å²) in [4.78, 5) is 35.1. The lowest BCUT2D eigenvalue weighted by molar-refractivity contribution is -0.384. The summed E-state index contributed by atoms with van der Waals surface area (Å²) in [6.07, 6.45) is 1.64. The van der Waals surface area contributed by atoms with E-state index in [-0.39, 0.29) is 34.3 Å². The molecule has 0 saturated carbocycles. The number of ketones is 1. The highest BCUT2D eigenvalue weighted by Crippen LogP contribution is 2.35. The van der Waals surface area contributed by atoms with Crippen LogP contribution >= 0.6 is 0 Å². The minimum atomic E-state index is -0.752. The number of hydrogen-bond acceptors (Lipinski definition) is 6. The van der Waals surface area contributed by atoms with Crippen LogP contribution in [0.1, 0.15) is 26.3 Å². The first kappa shape index (κ1) is 18.1. The number of benzene rings is 3. The molecule has 0 saturated heterocycles. The van der Waals surface area contributed by atoms with Gasteiger partial charge in [0.25, 0.3) is 5.69 Å². The Kier molecular flexibility index (Phi) is 4.62. The average molecular weight is 387 g/mol. The molecule has 0 unspecified atom stereocenters. The van der Waals surface area contributed by atoms with Gasteiger partial charge >= 0.3 is 5.97 Å². The van der Waals surface area contributed by atoms with Gasteiger partial charge in [-0.3, -0.25) is 14.9 Å². The third-order valence-electron chi connectivity index (χ3n) is 4.24. The molecule has 0 bridgehead atoms. The predicted octanol–water partition coefficient (Wildman–Crippen LogP) is 4.43. The lowest BCUT2D eigenvalue weighted by atomic mass is 10.1. The molecule has 7 nitrogen and oxygen atoms in total. The Morgan fingerprint density at radius 3 is 2.55 bits per heavy atom. The normalized spacial score (nSPS) is 13.7. The number of ether oxygens (including phenoxy) is 2. The third-order valence-corrected chi connectivity index (χ3v) is 4.24. The van der Waals surface area contributed by atoms with Crippen molar-refractivity contribution >= 4 is 23.5 Å². The van der Waals surface area contributed by atoms with Crippen LogP contribution in [-0.2, 0) is 0 Å². The maximum Gasteiger partial charge on any atom is 0.343 e. The molecular formula is C22H13NO6. The summed E-state index contributed by atoms with van der Waals surface area (Å²) in [5.74, 6) is -0.401. The van der Waals surface area contributed by atoms with Gasteiger partial charge in [0.1, 0.15) is 11.5 Å². The fourth-order valence-electron chi connectivity index (χ4n) is 2.84. The Balaban J connectivity index is 1.55. The fourth-order valence-corrected chi connectivity index (χ4v) is 2.84. The van der Waals surface area contributed by atoms with Crippen molar-refractivity contribution in [3.05, 3.63) is 105 Å². The molecule has 1 heterocycles. The van der Waals surface area contributed by atoms with Gasteiger partial charge in [0, 0.05) is 18.2 Å². The van der Waals surface area contributed by atoms with Crippen molar-refractivity contribution in [2.24, 2.45) is 0 Å². The number of Topliss-reactive ketones (excluding diaryl/α,β-unsaturated/α-hetero) is 1. The molecular weight excluding hydrogens is 374 g/mol. The predicted molar refractivity (Wildman–Crippen MR) is 104 cm³/mol. The minimum Gasteiger partial charge on any atom is -0.452 e. The highest BCUT2D eigenvalue weighted by molar-refractivity contribution is 6.14. The summed E-state index contributed by atoms with van der Waals surface area (Å²) >= 11 is 0. The SMILES string of the molecule is O=C(Oc1ccc2c(c1)O/C(=C\c1ccccc1)C2=O)c1cccc([N+](=O)[O-])c1. The number of rotatable bonds is 4. The Morgan fingerprint density at radius 2 is 1.79 bits per heavy atom. The molecule has 1 aliphatic heterocycles. The van der Waals surface area contributed by atoms with Crippen molar-refractivity contribution in [3.8, 4) is 11.5 Å². The number of nitro groups is 1. The van der Waals surface area contributed by atoms with Crippen LogP contribution < -0.4 is 9.47 Å². The van der Waals surface area contributed by atoms with E-state index in [2.05, 4.69) is 0 Å². The molecule has 4 rings (SSSR count). The molecule has 0 fully saturated rings. The van der Waals surface area contributed by atoms with Crippen LogP contribution in [0.3, 0.4) is 0 Å². The van der Waals surface area contributed by atoms with Crippen LogP contribution in [0.15, 0.2) is 78.6 Å². The maximum absolute atomic E-state index is 12.5. The second kappa shape index (κ2) is 7.40. The van der Waals surface area contributed by atoms with Gasteiger partial charge in [-0.1, -0.05) is 36.4 Å². The molecule has 3 aromatic carbocycles. The summed E-state index contributed by atoms with van der Waals surface area (Å²) in [6, 6.07) is 18.9. The molecule has 3 aromatic rings. The molecule has 0 spiro atoms. The number of non-ortho nitro benzene ring substituents is 1. The van der Waals surface area contributed by atoms with Gasteiger partial charge in [-0.2, -0.15) is 0 Å². The highest BCUT2D eigenvalue weighted by Gasteiger charge is 2.28. The van der Waals surface area contributed by atoms with Crippen LogP contribution in [0.25, 0.3) is 6.08 Å². The van der Waals surface area contributed by atoms with Crippen molar-refractivity contribution in [3.63, 3.8) is 0 Å². The smallest absolute Gasteiger partial charge is 0.343 e. The third kappa shape index (κ3) is 3.74. The van der Waals surface area contributed by atoms with Gasteiger partial charge in [0.15, 0.2) is 5.76 Å². The molecule has 0 radical (unpaired) electrons. The lowest BCUT2D eigenvalue weighted by Gasteiger charge is -2.05. The van der Waals surface area contributed by atoms with Gasteiger partial charge in [0.05, 0.1) is 16.1 Å². The van der Waals surface area contributed by atoms with E-state index in [1.54, 1.807) is 6.08 Å². The summed E-state index contributed by atoms with van der Waals surface area (Å²) in [5, 5.41) is 10.9. The number of esters is 1. The van der Waals surface area contributed by atoms with E-state index in [0.717, 1.165) is 11.6 Å². The largest absolute Gasteiger partial charge is 0.452 e.